The van der Waals surface area contributed by atoms with Crippen LogP contribution in [0.3, 0.4) is 0 Å². The Labute approximate surface area is 365 Å². The second-order valence-corrected chi connectivity index (χ2v) is 20.8. The van der Waals surface area contributed by atoms with Crippen molar-refractivity contribution in [3.05, 3.63) is 230 Å². The fraction of sp³-hybridized carbons (Fsp3) is 0.0526. The van der Waals surface area contributed by atoms with Crippen molar-refractivity contribution in [1.29, 1.82) is 0 Å². The molecular formula is C57H44BN3Si. The van der Waals surface area contributed by atoms with Gasteiger partial charge in [0.25, 0.3) is 6.71 Å². The van der Waals surface area contributed by atoms with Crippen LogP contribution in [0.15, 0.2) is 224 Å². The van der Waals surface area contributed by atoms with Gasteiger partial charge in [0.05, 0.1) is 5.69 Å². The smallest absolute Gasteiger partial charge is 0.252 e. The van der Waals surface area contributed by atoms with Crippen LogP contribution in [0.5, 0.6) is 0 Å². The third kappa shape index (κ3) is 5.31. The molecule has 9 aromatic carbocycles. The normalized spacial score (nSPS) is 13.8. The van der Waals surface area contributed by atoms with Gasteiger partial charge in [0, 0.05) is 45.5 Å². The Morgan fingerprint density at radius 3 is 1.56 bits per heavy atom. The molecule has 0 aliphatic carbocycles. The maximum atomic E-state index is 2.65. The lowest BCUT2D eigenvalue weighted by atomic mass is 9.33. The maximum absolute atomic E-state index is 2.88. The lowest BCUT2D eigenvalue weighted by molar-refractivity contribution is 0.867. The summed E-state index contributed by atoms with van der Waals surface area (Å²) in [4.78, 5) is 7.63. The Bertz CT molecular complexity index is 3040. The monoisotopic (exact) mass is 809 g/mol. The summed E-state index contributed by atoms with van der Waals surface area (Å²) < 4.78 is 0. The fourth-order valence-electron chi connectivity index (χ4n) is 10.8. The first kappa shape index (κ1) is 36.5. The summed E-state index contributed by atoms with van der Waals surface area (Å²) in [5.41, 5.74) is 16.1. The van der Waals surface area contributed by atoms with E-state index in [-0.39, 0.29) is 6.71 Å². The van der Waals surface area contributed by atoms with Gasteiger partial charge < -0.3 is 14.7 Å². The van der Waals surface area contributed by atoms with Crippen LogP contribution in [0.4, 0.5) is 51.2 Å². The molecule has 62 heavy (non-hydrogen) atoms. The molecule has 0 amide bonds. The number of para-hydroxylation sites is 5. The maximum Gasteiger partial charge on any atom is 0.252 e. The minimum Gasteiger partial charge on any atom is -0.312 e. The zero-order valence-corrected chi connectivity index (χ0v) is 35.9. The molecule has 0 aromatic heterocycles. The molecule has 3 aliphatic rings. The first-order valence-corrected chi connectivity index (χ1v) is 23.8. The number of fused-ring (bicyclic) bond motifs is 6. The highest BCUT2D eigenvalue weighted by molar-refractivity contribution is 7.22. The van der Waals surface area contributed by atoms with E-state index in [0.717, 1.165) is 22.7 Å². The first-order chi connectivity index (χ1) is 30.6. The van der Waals surface area contributed by atoms with Crippen LogP contribution < -0.4 is 51.8 Å². The summed E-state index contributed by atoms with van der Waals surface area (Å²) in [7, 11) is -2.88. The summed E-state index contributed by atoms with van der Waals surface area (Å²) in [5.74, 6) is 0.374. The lowest BCUT2D eigenvalue weighted by Crippen LogP contribution is -2.79. The van der Waals surface area contributed by atoms with Crippen molar-refractivity contribution >= 4 is 103 Å². The predicted molar refractivity (Wildman–Crippen MR) is 266 cm³/mol. The van der Waals surface area contributed by atoms with Crippen molar-refractivity contribution in [2.24, 2.45) is 0 Å². The average molecular weight is 810 g/mol. The molecule has 0 unspecified atom stereocenters. The van der Waals surface area contributed by atoms with Crippen LogP contribution in [0.1, 0.15) is 25.3 Å². The van der Waals surface area contributed by atoms with Crippen molar-refractivity contribution in [3.8, 4) is 0 Å². The van der Waals surface area contributed by atoms with Gasteiger partial charge in [0.15, 0.2) is 8.07 Å². The average Bonchev–Trinajstić information content (AvgIpc) is 3.33. The van der Waals surface area contributed by atoms with Crippen LogP contribution in [-0.2, 0) is 0 Å². The topological polar surface area (TPSA) is 9.72 Å². The minimum atomic E-state index is -2.88. The second kappa shape index (κ2) is 14.4. The Morgan fingerprint density at radius 2 is 0.952 bits per heavy atom. The van der Waals surface area contributed by atoms with Crippen LogP contribution in [0, 0.1) is 0 Å². The largest absolute Gasteiger partial charge is 0.312 e. The molecule has 294 valence electrons. The zero-order valence-electron chi connectivity index (χ0n) is 34.9. The number of hydrogen-bond acceptors (Lipinski definition) is 3. The Balaban J connectivity index is 1.25. The van der Waals surface area contributed by atoms with Gasteiger partial charge in [-0.05, 0) is 109 Å². The van der Waals surface area contributed by atoms with Crippen molar-refractivity contribution in [2.75, 3.05) is 14.7 Å². The first-order valence-electron chi connectivity index (χ1n) is 21.8. The molecule has 0 spiro atoms. The summed E-state index contributed by atoms with van der Waals surface area (Å²) in [6.07, 6.45) is 0. The van der Waals surface area contributed by atoms with E-state index in [0.29, 0.717) is 5.92 Å². The molecule has 0 saturated carbocycles. The summed E-state index contributed by atoms with van der Waals surface area (Å²) >= 11 is 0. The molecule has 12 rings (SSSR count). The number of nitrogens with zero attached hydrogens (tertiary/aromatic N) is 3. The lowest BCUT2D eigenvalue weighted by Gasteiger charge is -2.51. The minimum absolute atomic E-state index is 0.00170. The van der Waals surface area contributed by atoms with E-state index < -0.39 is 8.07 Å². The predicted octanol–water partition coefficient (Wildman–Crippen LogP) is 10.1. The quantitative estimate of drug-likeness (QED) is 0.149. The molecule has 3 aliphatic heterocycles. The molecule has 0 fully saturated rings. The summed E-state index contributed by atoms with van der Waals surface area (Å²) in [5, 5.41) is 5.62. The highest BCUT2D eigenvalue weighted by atomic mass is 28.3. The zero-order chi connectivity index (χ0) is 41.4. The van der Waals surface area contributed by atoms with Gasteiger partial charge in [-0.2, -0.15) is 0 Å². The van der Waals surface area contributed by atoms with Crippen LogP contribution >= 0.6 is 0 Å². The van der Waals surface area contributed by atoms with Crippen molar-refractivity contribution in [3.63, 3.8) is 0 Å². The highest BCUT2D eigenvalue weighted by Crippen LogP contribution is 2.49. The van der Waals surface area contributed by atoms with Crippen molar-refractivity contribution < 1.29 is 0 Å². The van der Waals surface area contributed by atoms with E-state index in [4.69, 9.17) is 0 Å². The van der Waals surface area contributed by atoms with E-state index in [1.165, 1.54) is 71.1 Å². The van der Waals surface area contributed by atoms with Crippen LogP contribution in [-0.4, -0.2) is 14.8 Å². The molecular weight excluding hydrogens is 766 g/mol. The summed E-state index contributed by atoms with van der Waals surface area (Å²) in [6.45, 7) is 4.61. The van der Waals surface area contributed by atoms with Gasteiger partial charge in [0.1, 0.15) is 0 Å². The van der Waals surface area contributed by atoms with Crippen molar-refractivity contribution in [1.82, 2.24) is 0 Å². The highest BCUT2D eigenvalue weighted by Gasteiger charge is 2.53. The van der Waals surface area contributed by atoms with Gasteiger partial charge >= 0.3 is 0 Å². The molecule has 3 nitrogen and oxygen atoms in total. The van der Waals surface area contributed by atoms with Crippen LogP contribution in [0.25, 0.3) is 0 Å². The van der Waals surface area contributed by atoms with Gasteiger partial charge in [-0.1, -0.05) is 178 Å². The van der Waals surface area contributed by atoms with E-state index in [1.807, 2.05) is 0 Å². The number of anilines is 9. The molecule has 0 radical (unpaired) electrons. The van der Waals surface area contributed by atoms with Gasteiger partial charge in [0.2, 0.25) is 0 Å². The summed E-state index contributed by atoms with van der Waals surface area (Å²) in [6, 6.07) is 84.3. The molecule has 5 heteroatoms. The molecule has 0 N–H and O–H groups in total. The third-order valence-corrected chi connectivity index (χ3v) is 18.3. The number of benzene rings is 9. The SMILES string of the molecule is CC(C)c1ccc2c(c1)N(c1ccccc1)c1cc(N(c3ccccc3)c3ccccc3)cc3c1B2c1cccc2c1N3c1ccccc1[Si]2(c1ccccc1)c1ccccc1. The fourth-order valence-corrected chi connectivity index (χ4v) is 16.0. The van der Waals surface area contributed by atoms with Crippen molar-refractivity contribution in [2.45, 2.75) is 19.8 Å². The Hall–Kier alpha value is -7.34. The van der Waals surface area contributed by atoms with E-state index in [1.54, 1.807) is 0 Å². The number of hydrogen-bond donors (Lipinski definition) is 0. The van der Waals surface area contributed by atoms with Crippen LogP contribution in [0.2, 0.25) is 0 Å². The standard InChI is InChI=1S/C57H44BN3Si/c1-40(2)41-35-36-48-51(37-41)60(44-25-12-5-13-26-44)52-38-45(59(42-21-8-3-9-22-42)43-23-10-4-11-24-43)39-53-56(52)58(48)49-31-20-34-55-57(49)61(53)50-32-18-19-33-54(50)62(55,46-27-14-6-15-28-46)47-29-16-7-17-30-47/h3-40H,1-2H3. The second-order valence-electron chi connectivity index (χ2n) is 17.1. The van der Waals surface area contributed by atoms with Gasteiger partial charge in [-0.3, -0.25) is 0 Å². The van der Waals surface area contributed by atoms with Gasteiger partial charge in [-0.15, -0.1) is 0 Å². The third-order valence-electron chi connectivity index (χ3n) is 13.4. The Kier molecular flexibility index (Phi) is 8.48. The van der Waals surface area contributed by atoms with E-state index in [2.05, 4.69) is 253 Å². The molecule has 0 saturated heterocycles. The van der Waals surface area contributed by atoms with Gasteiger partial charge in [-0.25, -0.2) is 0 Å². The molecule has 3 heterocycles. The Morgan fingerprint density at radius 1 is 0.419 bits per heavy atom. The number of rotatable bonds is 7. The molecule has 0 bridgehead atoms. The van der Waals surface area contributed by atoms with E-state index in [9.17, 15) is 0 Å². The molecule has 0 atom stereocenters. The van der Waals surface area contributed by atoms with E-state index >= 15 is 0 Å². The molecule has 9 aromatic rings.